The van der Waals surface area contributed by atoms with Crippen molar-refractivity contribution in [2.75, 3.05) is 26.0 Å². The van der Waals surface area contributed by atoms with Gasteiger partial charge in [-0.1, -0.05) is 0 Å². The van der Waals surface area contributed by atoms with Crippen LogP contribution in [0.5, 0.6) is 0 Å². The average Bonchev–Trinajstić information content (AvgIpc) is 2.45. The molecule has 0 unspecified atom stereocenters. The normalized spacial score (nSPS) is 37.6. The highest BCUT2D eigenvalue weighted by Crippen LogP contribution is 2.58. The van der Waals surface area contributed by atoms with Gasteiger partial charge in [0.25, 0.3) is 7.37 Å². The Bertz CT molecular complexity index is 220. The van der Waals surface area contributed by atoms with Crippen molar-refractivity contribution in [1.29, 1.82) is 0 Å². The molecule has 0 aromatic rings. The fourth-order valence-electron chi connectivity index (χ4n) is 1.40. The van der Waals surface area contributed by atoms with Crippen molar-refractivity contribution in [2.24, 2.45) is 0 Å². The molecular formula is C8H17O5P. The zero-order valence-corrected chi connectivity index (χ0v) is 9.40. The summed E-state index contributed by atoms with van der Waals surface area (Å²) in [5.41, 5.74) is 0. The third kappa shape index (κ3) is 2.55. The molecule has 84 valence electrons. The predicted octanol–water partition coefficient (Wildman–Crippen LogP) is 1.01. The second-order valence-corrected chi connectivity index (χ2v) is 5.53. The van der Waals surface area contributed by atoms with E-state index in [2.05, 4.69) is 0 Å². The first-order valence-corrected chi connectivity index (χ1v) is 6.65. The highest BCUT2D eigenvalue weighted by molar-refractivity contribution is 7.59. The molecule has 6 heteroatoms. The number of hydrogen-bond donors (Lipinski definition) is 1. The Morgan fingerprint density at radius 3 is 2.71 bits per heavy atom. The average molecular weight is 224 g/mol. The Balaban J connectivity index is 2.65. The minimum Gasteiger partial charge on any atom is -0.394 e. The molecule has 14 heavy (non-hydrogen) atoms. The Labute approximate surface area is 83.8 Å². The lowest BCUT2D eigenvalue weighted by atomic mass is 10.4. The second kappa shape index (κ2) is 5.24. The van der Waals surface area contributed by atoms with Crippen molar-refractivity contribution in [3.05, 3.63) is 0 Å². The van der Waals surface area contributed by atoms with E-state index in [0.717, 1.165) is 0 Å². The van der Waals surface area contributed by atoms with Gasteiger partial charge in [0.05, 0.1) is 25.5 Å². The minimum absolute atomic E-state index is 0.152. The summed E-state index contributed by atoms with van der Waals surface area (Å²) >= 11 is 0. The van der Waals surface area contributed by atoms with Gasteiger partial charge in [0, 0.05) is 6.61 Å². The first-order chi connectivity index (χ1) is 6.66. The van der Waals surface area contributed by atoms with Gasteiger partial charge in [-0.3, -0.25) is 4.57 Å². The number of rotatable bonds is 5. The number of aliphatic hydroxyl groups is 1. The molecule has 0 aromatic heterocycles. The molecular weight excluding hydrogens is 207 g/mol. The molecule has 1 fully saturated rings. The standard InChI is InChI=1S/C8H17O5P/c1-3-11-8-13-7(5-9)6-14(8,10)12-4-2/h7-9H,3-6H2,1-2H3/t7-,8-,14-/m1/s1. The maximum absolute atomic E-state index is 12.1. The SMILES string of the molecule is CCO[C@@H]1O[C@H](CO)C[P@@]1(=O)OCC. The van der Waals surface area contributed by atoms with Gasteiger partial charge in [0.15, 0.2) is 0 Å². The van der Waals surface area contributed by atoms with Gasteiger partial charge in [0.2, 0.25) is 6.03 Å². The first-order valence-electron chi connectivity index (χ1n) is 4.77. The molecule has 0 aliphatic carbocycles. The lowest BCUT2D eigenvalue weighted by Gasteiger charge is -2.17. The van der Waals surface area contributed by atoms with Crippen LogP contribution in [0.3, 0.4) is 0 Å². The van der Waals surface area contributed by atoms with Crippen molar-refractivity contribution in [3.63, 3.8) is 0 Å². The van der Waals surface area contributed by atoms with Crippen molar-refractivity contribution in [2.45, 2.75) is 26.0 Å². The number of aliphatic hydroxyl groups excluding tert-OH is 1. The van der Waals surface area contributed by atoms with Crippen LogP contribution in [-0.2, 0) is 18.6 Å². The molecule has 0 radical (unpaired) electrons. The summed E-state index contributed by atoms with van der Waals surface area (Å²) < 4.78 is 27.7. The van der Waals surface area contributed by atoms with Crippen LogP contribution in [0, 0.1) is 0 Å². The van der Waals surface area contributed by atoms with Crippen LogP contribution in [0.1, 0.15) is 13.8 Å². The topological polar surface area (TPSA) is 65.0 Å². The molecule has 1 N–H and O–H groups in total. The molecule has 0 aromatic carbocycles. The molecule has 1 rings (SSSR count). The van der Waals surface area contributed by atoms with E-state index in [4.69, 9.17) is 19.1 Å². The number of ether oxygens (including phenoxy) is 2. The summed E-state index contributed by atoms with van der Waals surface area (Å²) in [5, 5.41) is 8.90. The molecule has 1 saturated heterocycles. The molecule has 1 aliphatic rings. The van der Waals surface area contributed by atoms with Crippen molar-refractivity contribution >= 4 is 7.37 Å². The summed E-state index contributed by atoms with van der Waals surface area (Å²) in [7, 11) is -2.87. The van der Waals surface area contributed by atoms with E-state index in [9.17, 15) is 4.57 Å². The molecule has 0 amide bonds. The largest absolute Gasteiger partial charge is 0.394 e. The van der Waals surface area contributed by atoms with Crippen LogP contribution in [0.25, 0.3) is 0 Å². The van der Waals surface area contributed by atoms with Crippen molar-refractivity contribution in [3.8, 4) is 0 Å². The van der Waals surface area contributed by atoms with Crippen LogP contribution in [0.4, 0.5) is 0 Å². The van der Waals surface area contributed by atoms with Crippen molar-refractivity contribution in [1.82, 2.24) is 0 Å². The zero-order chi connectivity index (χ0) is 10.6. The summed E-state index contributed by atoms with van der Waals surface area (Å²) in [4.78, 5) is 0. The smallest absolute Gasteiger partial charge is 0.260 e. The van der Waals surface area contributed by atoms with Crippen LogP contribution >= 0.6 is 7.37 Å². The molecule has 1 aliphatic heterocycles. The maximum atomic E-state index is 12.1. The molecule has 3 atom stereocenters. The van der Waals surface area contributed by atoms with Gasteiger partial charge in [-0.05, 0) is 13.8 Å². The molecule has 0 bridgehead atoms. The van der Waals surface area contributed by atoms with E-state index in [1.54, 1.807) is 13.8 Å². The first kappa shape index (κ1) is 12.1. The Morgan fingerprint density at radius 1 is 1.50 bits per heavy atom. The van der Waals surface area contributed by atoms with E-state index in [-0.39, 0.29) is 12.8 Å². The lowest BCUT2D eigenvalue weighted by molar-refractivity contribution is -0.111. The van der Waals surface area contributed by atoms with Gasteiger partial charge in [-0.2, -0.15) is 0 Å². The predicted molar refractivity (Wildman–Crippen MR) is 51.5 cm³/mol. The van der Waals surface area contributed by atoms with Gasteiger partial charge < -0.3 is 19.1 Å². The monoisotopic (exact) mass is 224 g/mol. The van der Waals surface area contributed by atoms with Gasteiger partial charge in [0.1, 0.15) is 0 Å². The molecule has 1 heterocycles. The lowest BCUT2D eigenvalue weighted by Crippen LogP contribution is -2.17. The highest BCUT2D eigenvalue weighted by Gasteiger charge is 2.46. The molecule has 5 nitrogen and oxygen atoms in total. The fraction of sp³-hybridized carbons (Fsp3) is 1.00. The molecule has 0 saturated carbocycles. The summed E-state index contributed by atoms with van der Waals surface area (Å²) in [5.74, 6) is 0. The minimum atomic E-state index is -2.87. The van der Waals surface area contributed by atoms with E-state index in [1.165, 1.54) is 0 Å². The van der Waals surface area contributed by atoms with Gasteiger partial charge in [-0.25, -0.2) is 0 Å². The van der Waals surface area contributed by atoms with E-state index < -0.39 is 19.5 Å². The van der Waals surface area contributed by atoms with Crippen LogP contribution in [0.2, 0.25) is 0 Å². The van der Waals surface area contributed by atoms with Crippen molar-refractivity contribution < 1.29 is 23.7 Å². The van der Waals surface area contributed by atoms with Crippen LogP contribution < -0.4 is 0 Å². The quantitative estimate of drug-likeness (QED) is 0.706. The Hall–Kier alpha value is 0.0700. The highest BCUT2D eigenvalue weighted by atomic mass is 31.2. The van der Waals surface area contributed by atoms with Gasteiger partial charge >= 0.3 is 0 Å². The van der Waals surface area contributed by atoms with E-state index in [1.807, 2.05) is 0 Å². The molecule has 0 spiro atoms. The second-order valence-electron chi connectivity index (χ2n) is 3.03. The van der Waals surface area contributed by atoms with E-state index >= 15 is 0 Å². The van der Waals surface area contributed by atoms with Crippen LogP contribution in [0.15, 0.2) is 0 Å². The summed E-state index contributed by atoms with van der Waals surface area (Å²) in [6.45, 7) is 4.20. The third-order valence-corrected chi connectivity index (χ3v) is 4.47. The zero-order valence-electron chi connectivity index (χ0n) is 8.51. The summed E-state index contributed by atoms with van der Waals surface area (Å²) in [6, 6.07) is -0.801. The Morgan fingerprint density at radius 2 is 2.21 bits per heavy atom. The Kier molecular flexibility index (Phi) is 4.54. The number of hydrogen-bond acceptors (Lipinski definition) is 5. The van der Waals surface area contributed by atoms with Crippen LogP contribution in [-0.4, -0.2) is 43.2 Å². The third-order valence-electron chi connectivity index (χ3n) is 1.95. The fourth-order valence-corrected chi connectivity index (χ4v) is 3.74. The van der Waals surface area contributed by atoms with E-state index in [0.29, 0.717) is 13.2 Å². The maximum Gasteiger partial charge on any atom is 0.260 e. The summed E-state index contributed by atoms with van der Waals surface area (Å²) in [6.07, 6.45) is -0.189. The van der Waals surface area contributed by atoms with Gasteiger partial charge in [-0.15, -0.1) is 0 Å².